The average molecular weight is 274 g/mol. The summed E-state index contributed by atoms with van der Waals surface area (Å²) in [4.78, 5) is 14.6. The van der Waals surface area contributed by atoms with Crippen LogP contribution in [0.25, 0.3) is 0 Å². The molecule has 1 amide bonds. The van der Waals surface area contributed by atoms with Gasteiger partial charge in [0.05, 0.1) is 12.7 Å². The van der Waals surface area contributed by atoms with Crippen molar-refractivity contribution in [3.05, 3.63) is 29.8 Å². The number of hydrogen-bond donors (Lipinski definition) is 1. The molecular weight excluding hydrogens is 252 g/mol. The summed E-state index contributed by atoms with van der Waals surface area (Å²) in [5.74, 6) is 0.718. The summed E-state index contributed by atoms with van der Waals surface area (Å²) >= 11 is 0. The summed E-state index contributed by atoms with van der Waals surface area (Å²) in [7, 11) is 3.53. The van der Waals surface area contributed by atoms with Crippen LogP contribution >= 0.6 is 0 Å². The lowest BCUT2D eigenvalue weighted by Crippen LogP contribution is -2.48. The van der Waals surface area contributed by atoms with E-state index in [2.05, 4.69) is 5.32 Å². The van der Waals surface area contributed by atoms with Crippen molar-refractivity contribution in [2.45, 2.75) is 43.8 Å². The van der Waals surface area contributed by atoms with Crippen molar-refractivity contribution in [3.8, 4) is 5.75 Å². The number of methoxy groups -OCH3 is 1. The van der Waals surface area contributed by atoms with Gasteiger partial charge in [-0.2, -0.15) is 0 Å². The Morgan fingerprint density at radius 1 is 1.25 bits per heavy atom. The molecule has 3 rings (SSSR count). The highest BCUT2D eigenvalue weighted by Gasteiger charge is 2.36. The van der Waals surface area contributed by atoms with E-state index in [1.165, 1.54) is 12.8 Å². The first-order valence-corrected chi connectivity index (χ1v) is 7.35. The molecule has 1 aromatic carbocycles. The lowest BCUT2D eigenvalue weighted by Gasteiger charge is -2.35. The van der Waals surface area contributed by atoms with E-state index < -0.39 is 0 Å². The third-order valence-electron chi connectivity index (χ3n) is 4.65. The largest absolute Gasteiger partial charge is 0.496 e. The molecule has 0 spiro atoms. The Labute approximate surface area is 120 Å². The maximum absolute atomic E-state index is 12.7. The number of piperidine rings is 1. The number of nitrogens with one attached hydrogen (secondary N) is 1. The molecule has 0 radical (unpaired) electrons. The second-order valence-corrected chi connectivity index (χ2v) is 5.88. The Bertz CT molecular complexity index is 491. The van der Waals surface area contributed by atoms with E-state index in [4.69, 9.17) is 4.74 Å². The molecule has 2 unspecified atom stereocenters. The van der Waals surface area contributed by atoms with Gasteiger partial charge in [-0.3, -0.25) is 4.79 Å². The van der Waals surface area contributed by atoms with Gasteiger partial charge < -0.3 is 15.0 Å². The third-order valence-corrected chi connectivity index (χ3v) is 4.65. The van der Waals surface area contributed by atoms with Crippen molar-refractivity contribution in [1.82, 2.24) is 10.2 Å². The number of benzene rings is 1. The monoisotopic (exact) mass is 274 g/mol. The fourth-order valence-corrected chi connectivity index (χ4v) is 3.52. The lowest BCUT2D eigenvalue weighted by molar-refractivity contribution is 0.0678. The van der Waals surface area contributed by atoms with Gasteiger partial charge in [-0.05, 0) is 37.8 Å². The van der Waals surface area contributed by atoms with Crippen LogP contribution in [0.5, 0.6) is 5.75 Å². The summed E-state index contributed by atoms with van der Waals surface area (Å²) in [6.07, 6.45) is 4.62. The molecule has 2 saturated heterocycles. The molecule has 108 valence electrons. The summed E-state index contributed by atoms with van der Waals surface area (Å²) in [6.45, 7) is 0. The number of fused-ring (bicyclic) bond motifs is 2. The summed E-state index contributed by atoms with van der Waals surface area (Å²) in [5.41, 5.74) is 0.656. The number of hydrogen-bond acceptors (Lipinski definition) is 3. The highest BCUT2D eigenvalue weighted by molar-refractivity contribution is 5.97. The van der Waals surface area contributed by atoms with Gasteiger partial charge in [0, 0.05) is 25.2 Å². The number of nitrogens with zero attached hydrogens (tertiary/aromatic N) is 1. The molecule has 2 aliphatic rings. The maximum atomic E-state index is 12.7. The molecule has 1 aromatic rings. The summed E-state index contributed by atoms with van der Waals surface area (Å²) in [6, 6.07) is 8.97. The van der Waals surface area contributed by atoms with E-state index >= 15 is 0 Å². The maximum Gasteiger partial charge on any atom is 0.257 e. The minimum Gasteiger partial charge on any atom is -0.496 e. The van der Waals surface area contributed by atoms with Crippen molar-refractivity contribution in [3.63, 3.8) is 0 Å². The molecule has 0 aliphatic carbocycles. The Hall–Kier alpha value is -1.55. The summed E-state index contributed by atoms with van der Waals surface area (Å²) < 4.78 is 5.30. The zero-order valence-corrected chi connectivity index (χ0v) is 12.1. The average Bonchev–Trinajstić information content (AvgIpc) is 2.84. The molecule has 4 nitrogen and oxygen atoms in total. The van der Waals surface area contributed by atoms with Crippen molar-refractivity contribution in [1.29, 1.82) is 0 Å². The number of ether oxygens (including phenoxy) is 1. The van der Waals surface area contributed by atoms with E-state index in [1.807, 2.05) is 36.2 Å². The van der Waals surface area contributed by atoms with Crippen LogP contribution in [-0.2, 0) is 0 Å². The van der Waals surface area contributed by atoms with Gasteiger partial charge in [-0.25, -0.2) is 0 Å². The first-order chi connectivity index (χ1) is 9.69. The Kier molecular flexibility index (Phi) is 3.66. The van der Waals surface area contributed by atoms with Crippen LogP contribution in [0.3, 0.4) is 0 Å². The Morgan fingerprint density at radius 3 is 2.55 bits per heavy atom. The predicted octanol–water partition coefficient (Wildman–Crippen LogP) is 2.05. The molecule has 1 N–H and O–H groups in total. The SMILES string of the molecule is COc1ccccc1C(=O)N(C)C1CC2CCC(C1)N2. The van der Waals surface area contributed by atoms with E-state index in [0.717, 1.165) is 12.8 Å². The van der Waals surface area contributed by atoms with Gasteiger partial charge in [-0.1, -0.05) is 12.1 Å². The minimum atomic E-state index is 0.0637. The van der Waals surface area contributed by atoms with Crippen LogP contribution in [0.1, 0.15) is 36.0 Å². The topological polar surface area (TPSA) is 41.6 Å². The minimum absolute atomic E-state index is 0.0637. The Balaban J connectivity index is 1.76. The van der Waals surface area contributed by atoms with Gasteiger partial charge in [0.15, 0.2) is 0 Å². The zero-order valence-electron chi connectivity index (χ0n) is 12.1. The van der Waals surface area contributed by atoms with E-state index in [9.17, 15) is 4.79 Å². The first kappa shape index (κ1) is 13.4. The van der Waals surface area contributed by atoms with Gasteiger partial charge in [-0.15, -0.1) is 0 Å². The highest BCUT2D eigenvalue weighted by Crippen LogP contribution is 2.30. The van der Waals surface area contributed by atoms with Crippen molar-refractivity contribution in [2.75, 3.05) is 14.2 Å². The van der Waals surface area contributed by atoms with Crippen LogP contribution < -0.4 is 10.1 Å². The lowest BCUT2D eigenvalue weighted by atomic mass is 9.98. The number of carbonyl (C=O) groups is 1. The van der Waals surface area contributed by atoms with E-state index in [1.54, 1.807) is 7.11 Å². The molecule has 2 fully saturated rings. The predicted molar refractivity (Wildman–Crippen MR) is 78.1 cm³/mol. The molecule has 0 saturated carbocycles. The van der Waals surface area contributed by atoms with Crippen LogP contribution in [0.15, 0.2) is 24.3 Å². The zero-order chi connectivity index (χ0) is 14.1. The number of para-hydroxylation sites is 1. The molecule has 2 heterocycles. The fraction of sp³-hybridized carbons (Fsp3) is 0.562. The molecule has 20 heavy (non-hydrogen) atoms. The smallest absolute Gasteiger partial charge is 0.257 e. The molecule has 2 atom stereocenters. The van der Waals surface area contributed by atoms with Crippen LogP contribution in [0, 0.1) is 0 Å². The van der Waals surface area contributed by atoms with Crippen molar-refractivity contribution < 1.29 is 9.53 Å². The standard InChI is InChI=1S/C16H22N2O2/c1-18(13-9-11-7-8-12(10-13)17-11)16(19)14-5-3-4-6-15(14)20-2/h3-6,11-13,17H,7-10H2,1-2H3. The third kappa shape index (κ3) is 2.40. The molecule has 2 bridgehead atoms. The van der Waals surface area contributed by atoms with Gasteiger partial charge >= 0.3 is 0 Å². The second kappa shape index (κ2) is 5.44. The number of carbonyl (C=O) groups excluding carboxylic acids is 1. The van der Waals surface area contributed by atoms with Crippen molar-refractivity contribution >= 4 is 5.91 Å². The van der Waals surface area contributed by atoms with Crippen LogP contribution in [0.2, 0.25) is 0 Å². The van der Waals surface area contributed by atoms with Gasteiger partial charge in [0.1, 0.15) is 5.75 Å². The van der Waals surface area contributed by atoms with Gasteiger partial charge in [0.25, 0.3) is 5.91 Å². The molecule has 4 heteroatoms. The number of amides is 1. The van der Waals surface area contributed by atoms with E-state index in [0.29, 0.717) is 29.4 Å². The van der Waals surface area contributed by atoms with Crippen LogP contribution in [0.4, 0.5) is 0 Å². The normalized spacial score (nSPS) is 28.2. The van der Waals surface area contributed by atoms with Crippen LogP contribution in [-0.4, -0.2) is 43.1 Å². The first-order valence-electron chi connectivity index (χ1n) is 7.35. The highest BCUT2D eigenvalue weighted by atomic mass is 16.5. The molecular formula is C16H22N2O2. The summed E-state index contributed by atoms with van der Waals surface area (Å²) in [5, 5.41) is 3.61. The Morgan fingerprint density at radius 2 is 1.90 bits per heavy atom. The number of rotatable bonds is 3. The van der Waals surface area contributed by atoms with E-state index in [-0.39, 0.29) is 5.91 Å². The quantitative estimate of drug-likeness (QED) is 0.917. The van der Waals surface area contributed by atoms with Crippen molar-refractivity contribution in [2.24, 2.45) is 0 Å². The molecule has 0 aromatic heterocycles. The van der Waals surface area contributed by atoms with Gasteiger partial charge in [0.2, 0.25) is 0 Å². The fourth-order valence-electron chi connectivity index (χ4n) is 3.52. The second-order valence-electron chi connectivity index (χ2n) is 5.88. The molecule has 2 aliphatic heterocycles.